The van der Waals surface area contributed by atoms with Crippen molar-refractivity contribution in [2.45, 2.75) is 26.3 Å². The standard InChI is InChI=1S/C12H16N2S2/c1-3-8(2)11(13)10-7-16-12(14-10)9-4-5-15-6-9/h4-8,11H,3,13H2,1-2H3. The Morgan fingerprint density at radius 3 is 2.88 bits per heavy atom. The molecule has 0 aromatic carbocycles. The van der Waals surface area contributed by atoms with Crippen molar-refractivity contribution in [3.63, 3.8) is 0 Å². The predicted molar refractivity (Wildman–Crippen MR) is 71.8 cm³/mol. The summed E-state index contributed by atoms with van der Waals surface area (Å²) in [6.45, 7) is 4.34. The summed E-state index contributed by atoms with van der Waals surface area (Å²) in [6.07, 6.45) is 1.09. The summed E-state index contributed by atoms with van der Waals surface area (Å²) in [5.74, 6) is 0.484. The molecule has 86 valence electrons. The largest absolute Gasteiger partial charge is 0.322 e. The Morgan fingerprint density at radius 2 is 2.25 bits per heavy atom. The average molecular weight is 252 g/mol. The Labute approximate surface area is 104 Å². The molecular formula is C12H16N2S2. The molecule has 0 spiro atoms. The van der Waals surface area contributed by atoms with Crippen molar-refractivity contribution in [1.29, 1.82) is 0 Å². The highest BCUT2D eigenvalue weighted by molar-refractivity contribution is 7.14. The van der Waals surface area contributed by atoms with Crippen molar-refractivity contribution in [2.75, 3.05) is 0 Å². The number of nitrogens with two attached hydrogens (primary N) is 1. The summed E-state index contributed by atoms with van der Waals surface area (Å²) in [5, 5.41) is 7.36. The molecule has 2 aromatic rings. The molecule has 2 atom stereocenters. The van der Waals surface area contributed by atoms with E-state index in [1.165, 1.54) is 5.56 Å². The Balaban J connectivity index is 2.20. The second-order valence-corrected chi connectivity index (χ2v) is 5.64. The molecule has 2 nitrogen and oxygen atoms in total. The van der Waals surface area contributed by atoms with Gasteiger partial charge in [0.1, 0.15) is 5.01 Å². The number of nitrogens with zero attached hydrogens (tertiary/aromatic N) is 1. The van der Waals surface area contributed by atoms with Gasteiger partial charge in [0, 0.05) is 16.3 Å². The van der Waals surface area contributed by atoms with Crippen LogP contribution < -0.4 is 5.73 Å². The number of hydrogen-bond acceptors (Lipinski definition) is 4. The minimum Gasteiger partial charge on any atom is -0.322 e. The van der Waals surface area contributed by atoms with Crippen LogP contribution in [0.2, 0.25) is 0 Å². The second kappa shape index (κ2) is 5.08. The van der Waals surface area contributed by atoms with E-state index in [4.69, 9.17) is 5.73 Å². The predicted octanol–water partition coefficient (Wildman–Crippen LogP) is 3.92. The minimum absolute atomic E-state index is 0.0636. The van der Waals surface area contributed by atoms with E-state index in [1.807, 2.05) is 0 Å². The fraction of sp³-hybridized carbons (Fsp3) is 0.417. The first-order valence-electron chi connectivity index (χ1n) is 5.46. The van der Waals surface area contributed by atoms with E-state index in [9.17, 15) is 0 Å². The molecule has 0 aliphatic rings. The van der Waals surface area contributed by atoms with Gasteiger partial charge >= 0.3 is 0 Å². The lowest BCUT2D eigenvalue weighted by Gasteiger charge is -2.15. The fourth-order valence-corrected chi connectivity index (χ4v) is 3.08. The minimum atomic E-state index is 0.0636. The molecule has 0 aliphatic heterocycles. The molecule has 0 saturated carbocycles. The van der Waals surface area contributed by atoms with Crippen LogP contribution in [0.1, 0.15) is 32.0 Å². The number of aromatic nitrogens is 1. The van der Waals surface area contributed by atoms with Gasteiger partial charge in [-0.25, -0.2) is 4.98 Å². The number of thiophene rings is 1. The third kappa shape index (κ3) is 2.34. The molecular weight excluding hydrogens is 236 g/mol. The van der Waals surface area contributed by atoms with Crippen LogP contribution in [0.25, 0.3) is 10.6 Å². The quantitative estimate of drug-likeness (QED) is 0.895. The number of hydrogen-bond donors (Lipinski definition) is 1. The molecule has 4 heteroatoms. The van der Waals surface area contributed by atoms with E-state index in [1.54, 1.807) is 22.7 Å². The van der Waals surface area contributed by atoms with Crippen LogP contribution in [0.4, 0.5) is 0 Å². The third-order valence-electron chi connectivity index (χ3n) is 2.89. The van der Waals surface area contributed by atoms with Crippen LogP contribution in [0.3, 0.4) is 0 Å². The molecule has 0 fully saturated rings. The van der Waals surface area contributed by atoms with E-state index >= 15 is 0 Å². The lowest BCUT2D eigenvalue weighted by Crippen LogP contribution is -2.18. The lowest BCUT2D eigenvalue weighted by molar-refractivity contribution is 0.450. The first kappa shape index (κ1) is 11.8. The molecule has 2 N–H and O–H groups in total. The normalized spacial score (nSPS) is 14.9. The highest BCUT2D eigenvalue weighted by Gasteiger charge is 2.16. The Morgan fingerprint density at radius 1 is 1.44 bits per heavy atom. The topological polar surface area (TPSA) is 38.9 Å². The van der Waals surface area contributed by atoms with Gasteiger partial charge in [-0.05, 0) is 17.4 Å². The zero-order valence-corrected chi connectivity index (χ0v) is 11.1. The zero-order valence-electron chi connectivity index (χ0n) is 9.51. The molecule has 2 rings (SSSR count). The van der Waals surface area contributed by atoms with Crippen LogP contribution in [-0.2, 0) is 0 Å². The lowest BCUT2D eigenvalue weighted by atomic mass is 9.98. The molecule has 0 radical (unpaired) electrons. The monoisotopic (exact) mass is 252 g/mol. The van der Waals surface area contributed by atoms with Crippen LogP contribution >= 0.6 is 22.7 Å². The summed E-state index contributed by atoms with van der Waals surface area (Å²) >= 11 is 3.38. The van der Waals surface area contributed by atoms with Crippen molar-refractivity contribution in [2.24, 2.45) is 11.7 Å². The van der Waals surface area contributed by atoms with E-state index in [0.29, 0.717) is 5.92 Å². The van der Waals surface area contributed by atoms with Gasteiger partial charge in [-0.15, -0.1) is 11.3 Å². The Bertz CT molecular complexity index is 434. The molecule has 0 aliphatic carbocycles. The van der Waals surface area contributed by atoms with Gasteiger partial charge < -0.3 is 5.73 Å². The average Bonchev–Trinajstić information content (AvgIpc) is 2.96. The van der Waals surface area contributed by atoms with Gasteiger partial charge in [-0.1, -0.05) is 20.3 Å². The van der Waals surface area contributed by atoms with Crippen LogP contribution in [0.5, 0.6) is 0 Å². The molecule has 0 saturated heterocycles. The SMILES string of the molecule is CCC(C)C(N)c1csc(-c2ccsc2)n1. The van der Waals surface area contributed by atoms with Crippen LogP contribution in [0.15, 0.2) is 22.2 Å². The smallest absolute Gasteiger partial charge is 0.124 e. The van der Waals surface area contributed by atoms with Gasteiger partial charge in [0.25, 0.3) is 0 Å². The highest BCUT2D eigenvalue weighted by atomic mass is 32.1. The first-order valence-corrected chi connectivity index (χ1v) is 7.28. The molecule has 16 heavy (non-hydrogen) atoms. The van der Waals surface area contributed by atoms with Gasteiger partial charge in [0.15, 0.2) is 0 Å². The first-order chi connectivity index (χ1) is 7.72. The van der Waals surface area contributed by atoms with Crippen molar-refractivity contribution in [3.8, 4) is 10.6 Å². The van der Waals surface area contributed by atoms with Gasteiger partial charge in [0.05, 0.1) is 11.7 Å². The summed E-state index contributed by atoms with van der Waals surface area (Å²) in [4.78, 5) is 4.62. The van der Waals surface area contributed by atoms with Crippen molar-refractivity contribution < 1.29 is 0 Å². The number of rotatable bonds is 4. The van der Waals surface area contributed by atoms with Gasteiger partial charge in [-0.3, -0.25) is 0 Å². The zero-order chi connectivity index (χ0) is 11.5. The van der Waals surface area contributed by atoms with Gasteiger partial charge in [-0.2, -0.15) is 11.3 Å². The van der Waals surface area contributed by atoms with Crippen LogP contribution in [0, 0.1) is 5.92 Å². The maximum atomic E-state index is 6.16. The highest BCUT2D eigenvalue weighted by Crippen LogP contribution is 2.29. The van der Waals surface area contributed by atoms with Crippen molar-refractivity contribution in [3.05, 3.63) is 27.9 Å². The molecule has 2 heterocycles. The summed E-state index contributed by atoms with van der Waals surface area (Å²) in [7, 11) is 0. The Hall–Kier alpha value is -0.710. The molecule has 2 unspecified atom stereocenters. The van der Waals surface area contributed by atoms with Crippen molar-refractivity contribution in [1.82, 2.24) is 4.98 Å². The maximum Gasteiger partial charge on any atom is 0.124 e. The van der Waals surface area contributed by atoms with E-state index in [2.05, 4.69) is 41.0 Å². The number of thiazole rings is 1. The molecule has 0 bridgehead atoms. The molecule has 2 aromatic heterocycles. The van der Waals surface area contributed by atoms with Crippen LogP contribution in [-0.4, -0.2) is 4.98 Å². The summed E-state index contributed by atoms with van der Waals surface area (Å²) in [6, 6.07) is 2.16. The van der Waals surface area contributed by atoms with E-state index in [-0.39, 0.29) is 6.04 Å². The second-order valence-electron chi connectivity index (χ2n) is 4.00. The summed E-state index contributed by atoms with van der Waals surface area (Å²) < 4.78 is 0. The summed E-state index contributed by atoms with van der Waals surface area (Å²) in [5.41, 5.74) is 8.40. The fourth-order valence-electron chi connectivity index (χ4n) is 1.50. The maximum absolute atomic E-state index is 6.16. The van der Waals surface area contributed by atoms with E-state index in [0.717, 1.165) is 17.1 Å². The Kier molecular flexibility index (Phi) is 3.74. The third-order valence-corrected chi connectivity index (χ3v) is 4.48. The van der Waals surface area contributed by atoms with Crippen molar-refractivity contribution >= 4 is 22.7 Å². The van der Waals surface area contributed by atoms with E-state index < -0.39 is 0 Å². The van der Waals surface area contributed by atoms with Gasteiger partial charge in [0.2, 0.25) is 0 Å². The molecule has 0 amide bonds.